The summed E-state index contributed by atoms with van der Waals surface area (Å²) in [5.41, 5.74) is -0.327. The van der Waals surface area contributed by atoms with Gasteiger partial charge in [-0.1, -0.05) is 38.8 Å². The second-order valence-electron chi connectivity index (χ2n) is 17.8. The number of fused-ring (bicyclic) bond motifs is 5. The number of sulfonamides is 1. The number of carboxylic acid groups (broad SMARTS) is 1. The van der Waals surface area contributed by atoms with Crippen LogP contribution in [-0.2, 0) is 30.8 Å². The largest absolute Gasteiger partial charge is 0.483 e. The van der Waals surface area contributed by atoms with Gasteiger partial charge in [-0.05, 0) is 95.2 Å². The van der Waals surface area contributed by atoms with Gasteiger partial charge < -0.3 is 20.1 Å². The molecule has 2 aromatic rings. The maximum absolute atomic E-state index is 15.0. The van der Waals surface area contributed by atoms with E-state index < -0.39 is 73.5 Å². The SMILES string of the molecule is CC(C)CN(C(=O)O)[C@H]1CCCCC/C=C\[C@@H]2C[C@@]2(C(=O)NS(=O)(=O)C2(C)CC2)NC(=O)[C@@H]2C[C@]3(CCc4c(c(C5CC5)nc5ccc(F)cc45)O3)CN2C1=O. The molecule has 3 aliphatic heterocycles. The Morgan fingerprint density at radius 3 is 2.59 bits per heavy atom. The summed E-state index contributed by atoms with van der Waals surface area (Å²) >= 11 is 0. The van der Waals surface area contributed by atoms with Crippen LogP contribution < -0.4 is 14.8 Å². The quantitative estimate of drug-likeness (QED) is 0.314. The number of amides is 4. The number of aryl methyl sites for hydroxylation is 1. The van der Waals surface area contributed by atoms with Gasteiger partial charge in [-0.3, -0.25) is 24.0 Å². The van der Waals surface area contributed by atoms with Crippen LogP contribution >= 0.6 is 0 Å². The van der Waals surface area contributed by atoms with Gasteiger partial charge >= 0.3 is 6.09 Å². The Labute approximate surface area is 326 Å². The summed E-state index contributed by atoms with van der Waals surface area (Å²) in [6, 6.07) is 2.30. The molecule has 15 heteroatoms. The molecule has 0 bridgehead atoms. The van der Waals surface area contributed by atoms with Crippen LogP contribution in [0.25, 0.3) is 10.9 Å². The van der Waals surface area contributed by atoms with E-state index in [9.17, 15) is 37.1 Å². The lowest BCUT2D eigenvalue weighted by Gasteiger charge is -2.38. The van der Waals surface area contributed by atoms with Crippen molar-refractivity contribution >= 4 is 44.7 Å². The predicted molar refractivity (Wildman–Crippen MR) is 205 cm³/mol. The number of carbonyl (C=O) groups is 4. The fourth-order valence-electron chi connectivity index (χ4n) is 9.03. The van der Waals surface area contributed by atoms with E-state index in [2.05, 4.69) is 10.0 Å². The number of hydrogen-bond donors (Lipinski definition) is 3. The minimum atomic E-state index is -4.02. The molecular weight excluding hydrogens is 742 g/mol. The van der Waals surface area contributed by atoms with E-state index in [1.807, 2.05) is 26.0 Å². The second-order valence-corrected chi connectivity index (χ2v) is 20.0. The Bertz CT molecular complexity index is 2120. The highest BCUT2D eigenvalue weighted by molar-refractivity contribution is 7.91. The molecule has 1 aromatic heterocycles. The van der Waals surface area contributed by atoms with Gasteiger partial charge in [0.1, 0.15) is 34.8 Å². The molecule has 56 heavy (non-hydrogen) atoms. The third-order valence-electron chi connectivity index (χ3n) is 12.9. The average Bonchev–Trinajstić information content (AvgIpc) is 4.07. The first kappa shape index (κ1) is 38.6. The zero-order chi connectivity index (χ0) is 39.8. The lowest BCUT2D eigenvalue weighted by Crippen LogP contribution is -2.59. The van der Waals surface area contributed by atoms with E-state index in [0.29, 0.717) is 55.2 Å². The number of nitrogens with zero attached hydrogens (tertiary/aromatic N) is 3. The Kier molecular flexibility index (Phi) is 9.64. The normalized spacial score (nSPS) is 30.6. The molecule has 0 radical (unpaired) electrons. The van der Waals surface area contributed by atoms with E-state index in [4.69, 9.17) is 9.72 Å². The van der Waals surface area contributed by atoms with Crippen LogP contribution in [0.15, 0.2) is 30.4 Å². The first-order chi connectivity index (χ1) is 26.6. The molecule has 1 saturated heterocycles. The molecule has 302 valence electrons. The molecular formula is C41H52FN5O8S. The van der Waals surface area contributed by atoms with Crippen LogP contribution in [0.2, 0.25) is 0 Å². The van der Waals surface area contributed by atoms with Gasteiger partial charge in [0.2, 0.25) is 21.8 Å². The predicted octanol–water partition coefficient (Wildman–Crippen LogP) is 5.31. The van der Waals surface area contributed by atoms with Crippen molar-refractivity contribution in [3.8, 4) is 5.75 Å². The maximum atomic E-state index is 15.0. The molecule has 3 aliphatic carbocycles. The Morgan fingerprint density at radius 1 is 1.12 bits per heavy atom. The smallest absolute Gasteiger partial charge is 0.407 e. The number of carbonyl (C=O) groups excluding carboxylic acids is 3. The molecule has 5 atom stereocenters. The highest BCUT2D eigenvalue weighted by Crippen LogP contribution is 2.52. The summed E-state index contributed by atoms with van der Waals surface area (Å²) in [4.78, 5) is 64.1. The fourth-order valence-corrected chi connectivity index (χ4v) is 10.3. The lowest BCUT2D eigenvalue weighted by atomic mass is 9.86. The second kappa shape index (κ2) is 14.0. The van der Waals surface area contributed by atoms with E-state index >= 15 is 0 Å². The Morgan fingerprint density at radius 2 is 1.89 bits per heavy atom. The number of hydrogen-bond acceptors (Lipinski definition) is 8. The van der Waals surface area contributed by atoms with Crippen molar-refractivity contribution in [3.05, 3.63) is 47.4 Å². The first-order valence-corrected chi connectivity index (χ1v) is 21.7. The number of pyridine rings is 1. The van der Waals surface area contributed by atoms with Gasteiger partial charge in [0.15, 0.2) is 0 Å². The van der Waals surface area contributed by atoms with Crippen LogP contribution in [0.1, 0.15) is 115 Å². The average molecular weight is 794 g/mol. The van der Waals surface area contributed by atoms with Gasteiger partial charge in [-0.15, -0.1) is 0 Å². The number of aromatic nitrogens is 1. The third kappa shape index (κ3) is 7.02. The number of halogens is 1. The fraction of sp³-hybridized carbons (Fsp3) is 0.634. The zero-order valence-electron chi connectivity index (χ0n) is 32.3. The molecule has 3 N–H and O–H groups in total. The highest BCUT2D eigenvalue weighted by Gasteiger charge is 2.64. The molecule has 4 amide bonds. The van der Waals surface area contributed by atoms with Crippen molar-refractivity contribution in [1.82, 2.24) is 24.8 Å². The number of rotatable bonds is 7. The molecule has 1 aromatic carbocycles. The van der Waals surface area contributed by atoms with Crippen molar-refractivity contribution in [3.63, 3.8) is 0 Å². The number of allylic oxidation sites excluding steroid dienone is 1. The van der Waals surface area contributed by atoms with E-state index in [-0.39, 0.29) is 44.2 Å². The van der Waals surface area contributed by atoms with Crippen LogP contribution in [0.3, 0.4) is 0 Å². The van der Waals surface area contributed by atoms with Crippen LogP contribution in [0, 0.1) is 17.7 Å². The lowest BCUT2D eigenvalue weighted by molar-refractivity contribution is -0.143. The van der Waals surface area contributed by atoms with Crippen LogP contribution in [-0.4, -0.2) is 93.2 Å². The third-order valence-corrected chi connectivity index (χ3v) is 15.1. The first-order valence-electron chi connectivity index (χ1n) is 20.2. The van der Waals surface area contributed by atoms with Gasteiger partial charge in [0.05, 0.1) is 22.5 Å². The van der Waals surface area contributed by atoms with Crippen molar-refractivity contribution in [2.24, 2.45) is 11.8 Å². The van der Waals surface area contributed by atoms with Gasteiger partial charge in [-0.25, -0.2) is 22.6 Å². The molecule has 4 heterocycles. The minimum absolute atomic E-state index is 0.0183. The van der Waals surface area contributed by atoms with Gasteiger partial charge in [0, 0.05) is 35.8 Å². The standard InChI is InChI=1S/C41H52FN5O8S/c1-24(2)22-46(38(51)52)31-10-8-6-4-5-7-9-26-20-41(26,37(50)45-56(53,54)39(3)17-18-39)44-35(48)32-21-40(23-47(32)36(31)49)16-15-28-29-19-27(42)13-14-30(29)43-33(25-11-12-25)34(28)55-40/h7,9,13-14,19,24-26,31-32H,4-6,8,10-12,15-18,20-23H2,1-3H3,(H,44,48)(H,45,50)(H,51,52)/b9-7-/t26-,31+,32+,40-,41-/m1/s1. The van der Waals surface area contributed by atoms with Crippen molar-refractivity contribution in [2.75, 3.05) is 13.1 Å². The maximum Gasteiger partial charge on any atom is 0.407 e. The van der Waals surface area contributed by atoms with E-state index in [0.717, 1.165) is 36.9 Å². The summed E-state index contributed by atoms with van der Waals surface area (Å²) < 4.78 is 49.3. The topological polar surface area (TPSA) is 175 Å². The molecule has 1 spiro atoms. The molecule has 6 aliphatic rings. The summed E-state index contributed by atoms with van der Waals surface area (Å²) in [6.45, 7) is 5.45. The van der Waals surface area contributed by atoms with Crippen molar-refractivity contribution < 1.29 is 41.8 Å². The van der Waals surface area contributed by atoms with E-state index in [1.165, 1.54) is 21.9 Å². The van der Waals surface area contributed by atoms with Gasteiger partial charge in [-0.2, -0.15) is 0 Å². The summed E-state index contributed by atoms with van der Waals surface area (Å²) in [7, 11) is -4.02. The number of benzene rings is 1. The molecule has 13 nitrogen and oxygen atoms in total. The number of nitrogens with one attached hydrogen (secondary N) is 2. The minimum Gasteiger partial charge on any atom is -0.483 e. The zero-order valence-corrected chi connectivity index (χ0v) is 33.1. The van der Waals surface area contributed by atoms with Crippen molar-refractivity contribution in [2.45, 2.75) is 138 Å². The van der Waals surface area contributed by atoms with Gasteiger partial charge in [0.25, 0.3) is 5.91 Å². The molecule has 0 unspecified atom stereocenters. The molecule has 3 saturated carbocycles. The monoisotopic (exact) mass is 793 g/mol. The summed E-state index contributed by atoms with van der Waals surface area (Å²) in [5.74, 6) is -2.16. The van der Waals surface area contributed by atoms with Crippen LogP contribution in [0.5, 0.6) is 5.75 Å². The summed E-state index contributed by atoms with van der Waals surface area (Å²) in [6.07, 6.45) is 9.39. The highest BCUT2D eigenvalue weighted by atomic mass is 32.2. The summed E-state index contributed by atoms with van der Waals surface area (Å²) in [5, 5.41) is 14.0. The van der Waals surface area contributed by atoms with Crippen LogP contribution in [0.4, 0.5) is 9.18 Å². The Balaban J connectivity index is 1.18. The molecule has 4 fully saturated rings. The van der Waals surface area contributed by atoms with E-state index in [1.54, 1.807) is 13.0 Å². The molecule has 8 rings (SSSR count). The Hall–Kier alpha value is -4.27. The van der Waals surface area contributed by atoms with Crippen molar-refractivity contribution in [1.29, 1.82) is 0 Å². The number of ether oxygens (including phenoxy) is 1.